The number of imidazole rings is 1. The molecule has 0 saturated carbocycles. The van der Waals surface area contributed by atoms with Crippen molar-refractivity contribution in [1.29, 1.82) is 0 Å². The highest BCUT2D eigenvalue weighted by Gasteiger charge is 2.12. The van der Waals surface area contributed by atoms with Gasteiger partial charge in [-0.05, 0) is 30.5 Å². The second kappa shape index (κ2) is 6.22. The van der Waals surface area contributed by atoms with E-state index in [9.17, 15) is 9.90 Å². The summed E-state index contributed by atoms with van der Waals surface area (Å²) in [4.78, 5) is 16.2. The molecule has 0 radical (unpaired) electrons. The van der Waals surface area contributed by atoms with Crippen LogP contribution in [0, 0.1) is 13.8 Å². The van der Waals surface area contributed by atoms with Crippen LogP contribution in [0.5, 0.6) is 0 Å². The van der Waals surface area contributed by atoms with E-state index in [-0.39, 0.29) is 12.2 Å². The minimum atomic E-state index is -0.335. The maximum absolute atomic E-state index is 11.9. The average Bonchev–Trinajstić information content (AvgIpc) is 2.89. The van der Waals surface area contributed by atoms with Gasteiger partial charge in [-0.25, -0.2) is 9.78 Å². The Labute approximate surface area is 138 Å². The molecule has 0 saturated heterocycles. The highest BCUT2D eigenvalue weighted by atomic mass is 32.2. The van der Waals surface area contributed by atoms with Crippen LogP contribution in [-0.4, -0.2) is 14.7 Å². The van der Waals surface area contributed by atoms with Gasteiger partial charge < -0.3 is 14.1 Å². The Bertz CT molecular complexity index is 927. The van der Waals surface area contributed by atoms with Crippen molar-refractivity contribution in [3.63, 3.8) is 0 Å². The van der Waals surface area contributed by atoms with Gasteiger partial charge in [0.2, 0.25) is 0 Å². The molecule has 2 aromatic heterocycles. The van der Waals surface area contributed by atoms with Crippen LogP contribution in [0.15, 0.2) is 38.8 Å². The lowest BCUT2D eigenvalue weighted by Gasteiger charge is -2.09. The minimum absolute atomic E-state index is 0.0413. The first-order chi connectivity index (χ1) is 11.0. The third kappa shape index (κ3) is 2.92. The third-order valence-electron chi connectivity index (χ3n) is 4.08. The molecule has 3 aromatic rings. The van der Waals surface area contributed by atoms with Crippen molar-refractivity contribution < 1.29 is 9.52 Å². The van der Waals surface area contributed by atoms with Crippen LogP contribution >= 0.6 is 11.8 Å². The summed E-state index contributed by atoms with van der Waals surface area (Å²) in [6, 6.07) is 5.57. The highest BCUT2D eigenvalue weighted by molar-refractivity contribution is 7.98. The summed E-state index contributed by atoms with van der Waals surface area (Å²) in [5.74, 6) is 0.611. The molecular formula is C17H18N2O3S. The summed E-state index contributed by atoms with van der Waals surface area (Å²) >= 11 is 1.53. The second-order valence-electron chi connectivity index (χ2n) is 5.51. The molecule has 6 heteroatoms. The van der Waals surface area contributed by atoms with Gasteiger partial charge in [0.25, 0.3) is 0 Å². The van der Waals surface area contributed by atoms with Crippen LogP contribution < -0.4 is 5.63 Å². The van der Waals surface area contributed by atoms with E-state index in [1.807, 2.05) is 37.6 Å². The molecular weight excluding hydrogens is 312 g/mol. The first-order valence-corrected chi connectivity index (χ1v) is 8.27. The summed E-state index contributed by atoms with van der Waals surface area (Å²) in [5.41, 5.74) is 4.10. The Morgan fingerprint density at radius 3 is 2.83 bits per heavy atom. The Morgan fingerprint density at radius 2 is 2.13 bits per heavy atom. The van der Waals surface area contributed by atoms with Crippen molar-refractivity contribution in [3.05, 3.63) is 57.2 Å². The molecule has 23 heavy (non-hydrogen) atoms. The van der Waals surface area contributed by atoms with E-state index >= 15 is 0 Å². The molecule has 120 valence electrons. The summed E-state index contributed by atoms with van der Waals surface area (Å²) in [6.07, 6.45) is 1.66. The number of fused-ring (bicyclic) bond motifs is 1. The van der Waals surface area contributed by atoms with Gasteiger partial charge in [0.1, 0.15) is 5.58 Å². The number of aliphatic hydroxyl groups excluding tert-OH is 1. The molecule has 1 aromatic carbocycles. The summed E-state index contributed by atoms with van der Waals surface area (Å²) in [5, 5.41) is 11.0. The van der Waals surface area contributed by atoms with E-state index in [4.69, 9.17) is 4.42 Å². The number of hydrogen-bond donors (Lipinski definition) is 1. The quantitative estimate of drug-likeness (QED) is 0.588. The first kappa shape index (κ1) is 15.8. The molecule has 5 nitrogen and oxygen atoms in total. The van der Waals surface area contributed by atoms with Gasteiger partial charge in [0, 0.05) is 24.3 Å². The fraction of sp³-hybridized carbons (Fsp3) is 0.294. The predicted molar refractivity (Wildman–Crippen MR) is 90.6 cm³/mol. The minimum Gasteiger partial charge on any atom is -0.422 e. The molecule has 0 fully saturated rings. The number of benzene rings is 1. The molecule has 0 amide bonds. The number of aliphatic hydroxyl groups is 1. The zero-order valence-corrected chi connectivity index (χ0v) is 14.1. The zero-order valence-electron chi connectivity index (χ0n) is 13.3. The van der Waals surface area contributed by atoms with Crippen LogP contribution in [0.3, 0.4) is 0 Å². The van der Waals surface area contributed by atoms with Crippen molar-refractivity contribution in [3.8, 4) is 0 Å². The van der Waals surface area contributed by atoms with Crippen molar-refractivity contribution in [1.82, 2.24) is 9.55 Å². The van der Waals surface area contributed by atoms with Gasteiger partial charge in [-0.3, -0.25) is 0 Å². The lowest BCUT2D eigenvalue weighted by molar-refractivity contribution is 0.271. The van der Waals surface area contributed by atoms with Crippen LogP contribution in [0.1, 0.15) is 22.4 Å². The molecule has 0 bridgehead atoms. The Morgan fingerprint density at radius 1 is 1.35 bits per heavy atom. The smallest absolute Gasteiger partial charge is 0.336 e. The molecule has 3 rings (SSSR count). The Balaban J connectivity index is 1.98. The van der Waals surface area contributed by atoms with Gasteiger partial charge in [-0.15, -0.1) is 0 Å². The summed E-state index contributed by atoms with van der Waals surface area (Å²) < 4.78 is 7.25. The molecule has 0 spiro atoms. The van der Waals surface area contributed by atoms with Crippen molar-refractivity contribution >= 4 is 22.7 Å². The van der Waals surface area contributed by atoms with E-state index in [1.54, 1.807) is 12.3 Å². The molecule has 1 N–H and O–H groups in total. The van der Waals surface area contributed by atoms with Gasteiger partial charge in [0.05, 0.1) is 18.5 Å². The molecule has 0 aliphatic carbocycles. The van der Waals surface area contributed by atoms with Gasteiger partial charge in [0.15, 0.2) is 5.16 Å². The van der Waals surface area contributed by atoms with Crippen LogP contribution in [0.2, 0.25) is 0 Å². The van der Waals surface area contributed by atoms with Crippen LogP contribution in [-0.2, 0) is 19.4 Å². The maximum atomic E-state index is 11.9. The third-order valence-corrected chi connectivity index (χ3v) is 5.17. The fourth-order valence-corrected chi connectivity index (χ4v) is 3.45. The topological polar surface area (TPSA) is 68.3 Å². The monoisotopic (exact) mass is 330 g/mol. The Kier molecular flexibility index (Phi) is 4.28. The molecule has 0 aliphatic heterocycles. The number of thioether (sulfide) groups is 1. The van der Waals surface area contributed by atoms with Gasteiger partial charge >= 0.3 is 5.63 Å². The lowest BCUT2D eigenvalue weighted by Crippen LogP contribution is -2.02. The summed E-state index contributed by atoms with van der Waals surface area (Å²) in [6.45, 7) is 3.92. The molecule has 0 atom stereocenters. The van der Waals surface area contributed by atoms with Gasteiger partial charge in [-0.2, -0.15) is 0 Å². The average molecular weight is 330 g/mol. The molecule has 2 heterocycles. The Hall–Kier alpha value is -2.05. The standard InChI is InChI=1S/C17H18N2O3S/c1-10-4-5-14-12(6-15(21)22-16(14)11(10)2)9-23-17-18-7-13(8-20)19(17)3/h4-7,20H,8-9H2,1-3H3. The number of aryl methyl sites for hydroxylation is 2. The number of rotatable bonds is 4. The fourth-order valence-electron chi connectivity index (χ4n) is 2.49. The number of hydrogen-bond acceptors (Lipinski definition) is 5. The maximum Gasteiger partial charge on any atom is 0.336 e. The summed E-state index contributed by atoms with van der Waals surface area (Å²) in [7, 11) is 1.87. The van der Waals surface area contributed by atoms with Crippen molar-refractivity contribution in [2.24, 2.45) is 7.05 Å². The SMILES string of the molecule is Cc1ccc2c(CSc3ncc(CO)n3C)cc(=O)oc2c1C. The highest BCUT2D eigenvalue weighted by Crippen LogP contribution is 2.28. The number of nitrogens with zero attached hydrogens (tertiary/aromatic N) is 2. The van der Waals surface area contributed by atoms with E-state index in [0.717, 1.165) is 32.9 Å². The second-order valence-corrected chi connectivity index (χ2v) is 6.46. The lowest BCUT2D eigenvalue weighted by atomic mass is 10.0. The molecule has 0 unspecified atom stereocenters. The number of aromatic nitrogens is 2. The predicted octanol–water partition coefficient (Wildman–Crippen LogP) is 2.93. The van der Waals surface area contributed by atoms with E-state index in [1.165, 1.54) is 11.8 Å². The van der Waals surface area contributed by atoms with Crippen LogP contribution in [0.25, 0.3) is 11.0 Å². The van der Waals surface area contributed by atoms with Gasteiger partial charge in [-0.1, -0.05) is 23.9 Å². The normalized spacial score (nSPS) is 11.3. The van der Waals surface area contributed by atoms with Crippen molar-refractivity contribution in [2.75, 3.05) is 0 Å². The van der Waals surface area contributed by atoms with E-state index in [2.05, 4.69) is 4.98 Å². The zero-order chi connectivity index (χ0) is 16.6. The van der Waals surface area contributed by atoms with Crippen LogP contribution in [0.4, 0.5) is 0 Å². The largest absolute Gasteiger partial charge is 0.422 e. The van der Waals surface area contributed by atoms with Crippen molar-refractivity contribution in [2.45, 2.75) is 31.4 Å². The van der Waals surface area contributed by atoms with E-state index in [0.29, 0.717) is 11.3 Å². The van der Waals surface area contributed by atoms with E-state index < -0.39 is 0 Å². The molecule has 0 aliphatic rings. The first-order valence-electron chi connectivity index (χ1n) is 7.28.